The number of rotatable bonds is 5. The summed E-state index contributed by atoms with van der Waals surface area (Å²) in [5.41, 5.74) is 0. The van der Waals surface area contributed by atoms with Gasteiger partial charge in [0, 0.05) is 26.7 Å². The molecule has 0 amide bonds. The largest absolute Gasteiger partial charge is 0.481 e. The van der Waals surface area contributed by atoms with Gasteiger partial charge in [-0.15, -0.1) is 0 Å². The summed E-state index contributed by atoms with van der Waals surface area (Å²) in [6.45, 7) is 3.58. The number of carbonyl (C=O) groups is 2. The van der Waals surface area contributed by atoms with Crippen molar-refractivity contribution in [2.75, 3.05) is 46.3 Å². The van der Waals surface area contributed by atoms with Gasteiger partial charge in [0.2, 0.25) is 0 Å². The Labute approximate surface area is 128 Å². The first-order chi connectivity index (χ1) is 10.5. The fourth-order valence-corrected chi connectivity index (χ4v) is 1.72. The number of carboxylic acid groups (broad SMARTS) is 2. The van der Waals surface area contributed by atoms with Crippen molar-refractivity contribution in [1.82, 2.24) is 20.9 Å². The Morgan fingerprint density at radius 3 is 2.36 bits per heavy atom. The molecule has 0 saturated carbocycles. The zero-order valence-electron chi connectivity index (χ0n) is 12.5. The van der Waals surface area contributed by atoms with Crippen molar-refractivity contribution in [1.29, 1.82) is 0 Å². The Balaban J connectivity index is 0.000000220. The van der Waals surface area contributed by atoms with Crippen molar-refractivity contribution in [3.8, 4) is 0 Å². The third-order valence-corrected chi connectivity index (χ3v) is 2.70. The fourth-order valence-electron chi connectivity index (χ4n) is 1.72. The van der Waals surface area contributed by atoms with Crippen molar-refractivity contribution in [2.24, 2.45) is 9.98 Å². The fraction of sp³-hybridized carbons (Fsp3) is 0.667. The van der Waals surface area contributed by atoms with Gasteiger partial charge in [-0.2, -0.15) is 0 Å². The van der Waals surface area contributed by atoms with E-state index >= 15 is 0 Å². The Bertz CT molecular complexity index is 451. The molecule has 10 nitrogen and oxygen atoms in total. The molecule has 0 aromatic heterocycles. The molecule has 0 saturated heterocycles. The molecule has 5 N–H and O–H groups in total. The van der Waals surface area contributed by atoms with E-state index in [9.17, 15) is 9.59 Å². The number of hydrogen-bond acceptors (Lipinski definition) is 8. The minimum atomic E-state index is -0.844. The molecule has 0 spiro atoms. The van der Waals surface area contributed by atoms with Crippen LogP contribution in [0.1, 0.15) is 6.42 Å². The van der Waals surface area contributed by atoms with Crippen molar-refractivity contribution >= 4 is 23.9 Å². The summed E-state index contributed by atoms with van der Waals surface area (Å²) >= 11 is 0. The first kappa shape index (κ1) is 17.5. The lowest BCUT2D eigenvalue weighted by atomic mass is 10.4. The van der Waals surface area contributed by atoms with Crippen LogP contribution < -0.4 is 16.0 Å². The number of aliphatic carboxylic acids is 2. The second kappa shape index (κ2) is 9.42. The zero-order chi connectivity index (χ0) is 16.4. The Kier molecular flexibility index (Phi) is 7.51. The van der Waals surface area contributed by atoms with Crippen LogP contribution in [0.5, 0.6) is 0 Å². The van der Waals surface area contributed by atoms with Crippen LogP contribution in [-0.2, 0) is 9.59 Å². The lowest BCUT2D eigenvalue weighted by molar-refractivity contribution is -0.138. The monoisotopic (exact) mass is 314 g/mol. The van der Waals surface area contributed by atoms with E-state index in [-0.39, 0.29) is 13.0 Å². The van der Waals surface area contributed by atoms with E-state index in [0.717, 1.165) is 26.2 Å². The maximum atomic E-state index is 10.2. The molecule has 0 atom stereocenters. The van der Waals surface area contributed by atoms with Crippen LogP contribution in [-0.4, -0.2) is 85.3 Å². The van der Waals surface area contributed by atoms with Gasteiger partial charge in [-0.3, -0.25) is 19.6 Å². The van der Waals surface area contributed by atoms with Crippen LogP contribution in [0, 0.1) is 0 Å². The number of nitrogens with zero attached hydrogens (tertiary/aromatic N) is 3. The highest BCUT2D eigenvalue weighted by Crippen LogP contribution is 1.90. The summed E-state index contributed by atoms with van der Waals surface area (Å²) in [7, 11) is 1.70. The van der Waals surface area contributed by atoms with Gasteiger partial charge in [0.15, 0.2) is 11.9 Å². The standard InChI is InChI=1S/2C6H11N3O2/c1-9(4-5(10)11)6-7-2-3-8-6;10-5(11)1-2-7-6-8-3-4-9-6/h2-4H2,1H3,(H,7,8)(H,10,11);1-4H2,(H,10,11)(H2,7,8,9). The predicted molar refractivity (Wildman–Crippen MR) is 81.1 cm³/mol. The summed E-state index contributed by atoms with van der Waals surface area (Å²) in [4.78, 5) is 30.0. The van der Waals surface area contributed by atoms with E-state index in [4.69, 9.17) is 10.2 Å². The van der Waals surface area contributed by atoms with Gasteiger partial charge < -0.3 is 31.1 Å². The van der Waals surface area contributed by atoms with Crippen LogP contribution >= 0.6 is 0 Å². The second-order valence-electron chi connectivity index (χ2n) is 4.61. The van der Waals surface area contributed by atoms with Gasteiger partial charge in [0.25, 0.3) is 0 Å². The Morgan fingerprint density at radius 2 is 1.86 bits per heavy atom. The molecule has 0 aliphatic carbocycles. The van der Waals surface area contributed by atoms with Gasteiger partial charge in [-0.05, 0) is 0 Å². The molecule has 0 bridgehead atoms. The van der Waals surface area contributed by atoms with Crippen molar-refractivity contribution in [3.63, 3.8) is 0 Å². The molecule has 0 fully saturated rings. The number of carboxylic acids is 2. The van der Waals surface area contributed by atoms with E-state index in [1.807, 2.05) is 0 Å². The molecule has 0 unspecified atom stereocenters. The number of aliphatic imine (C=N–C) groups is 2. The van der Waals surface area contributed by atoms with Gasteiger partial charge in [-0.25, -0.2) is 0 Å². The summed E-state index contributed by atoms with van der Waals surface area (Å²) in [5.74, 6) is -0.251. The maximum absolute atomic E-state index is 10.2. The molecular weight excluding hydrogens is 292 g/mol. The summed E-state index contributed by atoms with van der Waals surface area (Å²) < 4.78 is 0. The molecule has 124 valence electrons. The molecule has 22 heavy (non-hydrogen) atoms. The van der Waals surface area contributed by atoms with Crippen LogP contribution in [0.2, 0.25) is 0 Å². The molecule has 2 aliphatic rings. The Morgan fingerprint density at radius 1 is 1.18 bits per heavy atom. The van der Waals surface area contributed by atoms with Gasteiger partial charge in [0.05, 0.1) is 19.5 Å². The number of guanidine groups is 2. The van der Waals surface area contributed by atoms with Crippen LogP contribution in [0.15, 0.2) is 9.98 Å². The van der Waals surface area contributed by atoms with Gasteiger partial charge in [-0.1, -0.05) is 0 Å². The average Bonchev–Trinajstić information content (AvgIpc) is 3.11. The van der Waals surface area contributed by atoms with E-state index in [2.05, 4.69) is 25.9 Å². The summed E-state index contributed by atoms with van der Waals surface area (Å²) in [6, 6.07) is 0. The van der Waals surface area contributed by atoms with Crippen molar-refractivity contribution in [3.05, 3.63) is 0 Å². The molecule has 10 heteroatoms. The summed E-state index contributed by atoms with van der Waals surface area (Å²) in [6.07, 6.45) is 0.126. The van der Waals surface area contributed by atoms with Crippen LogP contribution in [0.4, 0.5) is 0 Å². The zero-order valence-corrected chi connectivity index (χ0v) is 12.5. The first-order valence-corrected chi connectivity index (χ1v) is 6.94. The molecule has 2 aliphatic heterocycles. The SMILES string of the molecule is CN(CC(=O)O)C1=NCCN1.O=C(O)CCNC1=NCCN1. The average molecular weight is 314 g/mol. The van der Waals surface area contributed by atoms with E-state index in [1.54, 1.807) is 11.9 Å². The molecule has 0 radical (unpaired) electrons. The third-order valence-electron chi connectivity index (χ3n) is 2.70. The maximum Gasteiger partial charge on any atom is 0.323 e. The smallest absolute Gasteiger partial charge is 0.323 e. The lowest BCUT2D eigenvalue weighted by Crippen LogP contribution is -2.38. The van der Waals surface area contributed by atoms with E-state index < -0.39 is 11.9 Å². The highest BCUT2D eigenvalue weighted by atomic mass is 16.4. The highest BCUT2D eigenvalue weighted by Gasteiger charge is 2.12. The van der Waals surface area contributed by atoms with Gasteiger partial charge >= 0.3 is 11.9 Å². The topological polar surface area (TPSA) is 139 Å². The van der Waals surface area contributed by atoms with E-state index in [0.29, 0.717) is 18.5 Å². The van der Waals surface area contributed by atoms with Crippen LogP contribution in [0.25, 0.3) is 0 Å². The minimum Gasteiger partial charge on any atom is -0.481 e. The third kappa shape index (κ3) is 7.31. The predicted octanol–water partition coefficient (Wildman–Crippen LogP) is -2.03. The van der Waals surface area contributed by atoms with Crippen molar-refractivity contribution < 1.29 is 19.8 Å². The molecular formula is C12H22N6O4. The normalized spacial score (nSPS) is 15.5. The van der Waals surface area contributed by atoms with Crippen molar-refractivity contribution in [2.45, 2.75) is 6.42 Å². The second-order valence-corrected chi connectivity index (χ2v) is 4.61. The lowest BCUT2D eigenvalue weighted by Gasteiger charge is -2.15. The molecule has 2 heterocycles. The molecule has 2 rings (SSSR count). The highest BCUT2D eigenvalue weighted by molar-refractivity contribution is 5.84. The quantitative estimate of drug-likeness (QED) is 0.392. The summed E-state index contributed by atoms with van der Waals surface area (Å²) in [5, 5.41) is 25.5. The number of likely N-dealkylation sites (N-methyl/N-ethyl adjacent to an activating group) is 1. The van der Waals surface area contributed by atoms with E-state index in [1.165, 1.54) is 0 Å². The first-order valence-electron chi connectivity index (χ1n) is 6.94. The molecule has 0 aromatic rings. The number of nitrogens with one attached hydrogen (secondary N) is 3. The molecule has 0 aromatic carbocycles. The van der Waals surface area contributed by atoms with Gasteiger partial charge in [0.1, 0.15) is 6.54 Å². The van der Waals surface area contributed by atoms with Crippen LogP contribution in [0.3, 0.4) is 0 Å². The Hall–Kier alpha value is -2.52. The minimum absolute atomic E-state index is 0.00810. The number of hydrogen-bond donors (Lipinski definition) is 5.